The Balaban J connectivity index is 0. The molecule has 1 aliphatic rings. The molecule has 0 spiro atoms. The molecule has 0 nitrogen and oxygen atoms in total. The molecule has 0 bridgehead atoms. The van der Waals surface area contributed by atoms with E-state index in [1.54, 1.807) is 0 Å². The van der Waals surface area contributed by atoms with Gasteiger partial charge < -0.3 is 6.42 Å². The summed E-state index contributed by atoms with van der Waals surface area (Å²) in [6, 6.07) is 0. The first-order valence-electron chi connectivity index (χ1n) is 5.16. The number of hydrogen-bond acceptors (Lipinski definition) is 0. The number of hydrogen-bond donors (Lipinski definition) is 0. The van der Waals surface area contributed by atoms with E-state index in [1.807, 2.05) is 0 Å². The Morgan fingerprint density at radius 3 is 2.08 bits per heavy atom. The minimum Gasteiger partial charge on any atom is -0.328 e. The van der Waals surface area contributed by atoms with Crippen LogP contribution in [0.3, 0.4) is 0 Å². The molecule has 0 amide bonds. The van der Waals surface area contributed by atoms with Crippen LogP contribution in [0.15, 0.2) is 0 Å². The topological polar surface area (TPSA) is 0 Å². The van der Waals surface area contributed by atoms with Crippen LogP contribution in [0.25, 0.3) is 0 Å². The largest absolute Gasteiger partial charge is 1.00 e. The van der Waals surface area contributed by atoms with Crippen molar-refractivity contribution in [2.24, 2.45) is 5.92 Å². The van der Waals surface area contributed by atoms with Gasteiger partial charge in [0, 0.05) is 0 Å². The second-order valence-electron chi connectivity index (χ2n) is 3.44. The van der Waals surface area contributed by atoms with Gasteiger partial charge in [-0.2, -0.15) is 12.8 Å². The van der Waals surface area contributed by atoms with E-state index in [0.29, 0.717) is 0 Å². The molecule has 0 aromatic heterocycles. The third-order valence-electron chi connectivity index (χ3n) is 2.10. The Morgan fingerprint density at radius 2 is 1.83 bits per heavy atom. The first-order chi connectivity index (χ1) is 5.35. The van der Waals surface area contributed by atoms with E-state index in [0.717, 1.165) is 5.92 Å². The average molecular weight is 194 g/mol. The summed E-state index contributed by atoms with van der Waals surface area (Å²) >= 11 is 0. The standard InChI is InChI=1S/C8H15.C3H8.K/c1-2-8-6-4-3-5-7-8;1-3-2;/h4,8H,2-3,5-7H2,1H3;3H2,1-2H3;/q-1;;+1. The summed E-state index contributed by atoms with van der Waals surface area (Å²) in [5.41, 5.74) is 0. The Morgan fingerprint density at radius 1 is 1.25 bits per heavy atom. The average Bonchev–Trinajstić information content (AvgIpc) is 2.08. The van der Waals surface area contributed by atoms with E-state index in [4.69, 9.17) is 0 Å². The molecule has 0 radical (unpaired) electrons. The molecule has 1 saturated carbocycles. The molecule has 0 aromatic carbocycles. The van der Waals surface area contributed by atoms with Crippen LogP contribution in [0, 0.1) is 12.3 Å². The third kappa shape index (κ3) is 9.72. The van der Waals surface area contributed by atoms with Gasteiger partial charge in [0.2, 0.25) is 0 Å². The van der Waals surface area contributed by atoms with E-state index in [9.17, 15) is 0 Å². The first kappa shape index (κ1) is 16.1. The van der Waals surface area contributed by atoms with Gasteiger partial charge in [-0.3, -0.25) is 0 Å². The van der Waals surface area contributed by atoms with Crippen LogP contribution >= 0.6 is 0 Å². The molecule has 1 rings (SSSR count). The molecule has 12 heavy (non-hydrogen) atoms. The molecule has 0 aromatic rings. The monoisotopic (exact) mass is 194 g/mol. The second kappa shape index (κ2) is 12.6. The van der Waals surface area contributed by atoms with Crippen LogP contribution in [0.4, 0.5) is 0 Å². The van der Waals surface area contributed by atoms with Gasteiger partial charge in [-0.25, -0.2) is 0 Å². The van der Waals surface area contributed by atoms with Crippen molar-refractivity contribution in [2.45, 2.75) is 59.3 Å². The predicted octanol–water partition coefficient (Wildman–Crippen LogP) is 1.21. The normalized spacial score (nSPS) is 21.8. The van der Waals surface area contributed by atoms with Crippen molar-refractivity contribution < 1.29 is 51.4 Å². The Labute approximate surface area is 121 Å². The second-order valence-corrected chi connectivity index (χ2v) is 3.44. The van der Waals surface area contributed by atoms with E-state index in [2.05, 4.69) is 27.2 Å². The zero-order valence-corrected chi connectivity index (χ0v) is 12.5. The Kier molecular flexibility index (Phi) is 16.9. The van der Waals surface area contributed by atoms with Crippen molar-refractivity contribution in [3.63, 3.8) is 0 Å². The molecule has 0 heterocycles. The molecule has 0 N–H and O–H groups in total. The molecule has 1 unspecified atom stereocenters. The van der Waals surface area contributed by atoms with Crippen LogP contribution in [0.2, 0.25) is 0 Å². The molecule has 68 valence electrons. The van der Waals surface area contributed by atoms with Crippen LogP contribution in [0.5, 0.6) is 0 Å². The van der Waals surface area contributed by atoms with Gasteiger partial charge in [-0.05, 0) is 0 Å². The minimum absolute atomic E-state index is 0. The fourth-order valence-corrected chi connectivity index (χ4v) is 1.39. The summed E-state index contributed by atoms with van der Waals surface area (Å²) < 4.78 is 0. The maximum absolute atomic E-state index is 2.44. The summed E-state index contributed by atoms with van der Waals surface area (Å²) in [7, 11) is 0. The van der Waals surface area contributed by atoms with E-state index >= 15 is 0 Å². The van der Waals surface area contributed by atoms with E-state index in [-0.39, 0.29) is 51.4 Å². The molecule has 1 atom stereocenters. The zero-order chi connectivity index (χ0) is 8.53. The quantitative estimate of drug-likeness (QED) is 0.435. The van der Waals surface area contributed by atoms with Gasteiger partial charge in [-0.1, -0.05) is 52.4 Å². The smallest absolute Gasteiger partial charge is 0.328 e. The number of rotatable bonds is 1. The Bertz CT molecular complexity index is 65.4. The van der Waals surface area contributed by atoms with Gasteiger partial charge >= 0.3 is 51.4 Å². The van der Waals surface area contributed by atoms with Crippen molar-refractivity contribution >= 4 is 0 Å². The summed E-state index contributed by atoms with van der Waals surface area (Å²) in [5, 5.41) is 0. The fourth-order valence-electron chi connectivity index (χ4n) is 1.39. The van der Waals surface area contributed by atoms with Gasteiger partial charge in [0.1, 0.15) is 0 Å². The van der Waals surface area contributed by atoms with Gasteiger partial charge in [0.25, 0.3) is 0 Å². The third-order valence-corrected chi connectivity index (χ3v) is 2.10. The minimum atomic E-state index is 0. The van der Waals surface area contributed by atoms with E-state index in [1.165, 1.54) is 38.5 Å². The molecule has 1 heteroatoms. The van der Waals surface area contributed by atoms with Crippen molar-refractivity contribution in [1.29, 1.82) is 0 Å². The van der Waals surface area contributed by atoms with Gasteiger partial charge in [-0.15, -0.1) is 0 Å². The maximum Gasteiger partial charge on any atom is 1.00 e. The van der Waals surface area contributed by atoms with Gasteiger partial charge in [0.15, 0.2) is 0 Å². The SMILES string of the molecule is CCC.CCC1C[CH-]CCC1.[K+]. The molecule has 0 saturated heterocycles. The molecular formula is C11H23K. The molecule has 1 aliphatic carbocycles. The van der Waals surface area contributed by atoms with Crippen molar-refractivity contribution in [3.8, 4) is 0 Å². The summed E-state index contributed by atoms with van der Waals surface area (Å²) in [5.74, 6) is 1.03. The zero-order valence-electron chi connectivity index (χ0n) is 9.40. The van der Waals surface area contributed by atoms with Crippen LogP contribution < -0.4 is 51.4 Å². The van der Waals surface area contributed by atoms with Gasteiger partial charge in [0.05, 0.1) is 0 Å². The van der Waals surface area contributed by atoms with Crippen molar-refractivity contribution in [3.05, 3.63) is 6.42 Å². The molecule has 0 aliphatic heterocycles. The van der Waals surface area contributed by atoms with Crippen molar-refractivity contribution in [1.82, 2.24) is 0 Å². The molecule has 1 fully saturated rings. The van der Waals surface area contributed by atoms with Crippen LogP contribution in [0.1, 0.15) is 59.3 Å². The predicted molar refractivity (Wildman–Crippen MR) is 52.5 cm³/mol. The summed E-state index contributed by atoms with van der Waals surface area (Å²) in [6.07, 6.45) is 10.8. The summed E-state index contributed by atoms with van der Waals surface area (Å²) in [4.78, 5) is 0. The van der Waals surface area contributed by atoms with Crippen molar-refractivity contribution in [2.75, 3.05) is 0 Å². The van der Waals surface area contributed by atoms with Crippen LogP contribution in [-0.4, -0.2) is 0 Å². The fraction of sp³-hybridized carbons (Fsp3) is 0.909. The summed E-state index contributed by atoms with van der Waals surface area (Å²) in [6.45, 7) is 6.55. The first-order valence-corrected chi connectivity index (χ1v) is 5.16. The maximum atomic E-state index is 2.44. The Hall–Kier alpha value is 1.64. The molecular weight excluding hydrogens is 171 g/mol. The van der Waals surface area contributed by atoms with Crippen LogP contribution in [-0.2, 0) is 0 Å². The van der Waals surface area contributed by atoms with E-state index < -0.39 is 0 Å².